The van der Waals surface area contributed by atoms with Gasteiger partial charge >= 0.3 is 0 Å². The number of nitrogens with one attached hydrogen (secondary N) is 2. The number of benzene rings is 2. The van der Waals surface area contributed by atoms with Crippen LogP contribution < -0.4 is 10.6 Å². The van der Waals surface area contributed by atoms with Crippen molar-refractivity contribution in [2.45, 2.75) is 20.8 Å². The van der Waals surface area contributed by atoms with E-state index in [4.69, 9.17) is 0 Å². The average Bonchev–Trinajstić information content (AvgIpc) is 2.57. The van der Waals surface area contributed by atoms with Crippen LogP contribution in [0.25, 0.3) is 6.08 Å². The van der Waals surface area contributed by atoms with Crippen LogP contribution in [0.15, 0.2) is 42.5 Å². The van der Waals surface area contributed by atoms with E-state index >= 15 is 0 Å². The molecule has 0 fully saturated rings. The van der Waals surface area contributed by atoms with Crippen molar-refractivity contribution in [2.75, 3.05) is 12.4 Å². The van der Waals surface area contributed by atoms with E-state index in [1.165, 1.54) is 17.2 Å². The largest absolute Gasteiger partial charge is 0.355 e. The van der Waals surface area contributed by atoms with Crippen molar-refractivity contribution in [3.63, 3.8) is 0 Å². The van der Waals surface area contributed by atoms with Crippen LogP contribution in [0.1, 0.15) is 32.6 Å². The number of hydrogen-bond acceptors (Lipinski definition) is 2. The van der Waals surface area contributed by atoms with Crippen LogP contribution >= 0.6 is 0 Å². The zero-order valence-electron chi connectivity index (χ0n) is 14.4. The van der Waals surface area contributed by atoms with Gasteiger partial charge in [-0.3, -0.25) is 9.59 Å². The Balaban J connectivity index is 2.05. The number of carbonyl (C=O) groups excluding carboxylic acids is 2. The normalized spacial score (nSPS) is 10.7. The lowest BCUT2D eigenvalue weighted by molar-refractivity contribution is -0.111. The van der Waals surface area contributed by atoms with Gasteiger partial charge in [0, 0.05) is 24.4 Å². The number of carbonyl (C=O) groups is 2. The second-order valence-electron chi connectivity index (χ2n) is 5.77. The van der Waals surface area contributed by atoms with Gasteiger partial charge in [-0.2, -0.15) is 0 Å². The van der Waals surface area contributed by atoms with Crippen LogP contribution in [0.5, 0.6) is 0 Å². The van der Waals surface area contributed by atoms with Crippen molar-refractivity contribution in [1.29, 1.82) is 0 Å². The molecule has 4 nitrogen and oxygen atoms in total. The summed E-state index contributed by atoms with van der Waals surface area (Å²) in [6.45, 7) is 6.16. The van der Waals surface area contributed by atoms with E-state index in [2.05, 4.69) is 36.6 Å². The van der Waals surface area contributed by atoms with E-state index in [-0.39, 0.29) is 11.8 Å². The number of rotatable bonds is 4. The highest BCUT2D eigenvalue weighted by atomic mass is 16.2. The molecule has 2 aromatic rings. The van der Waals surface area contributed by atoms with E-state index in [9.17, 15) is 9.59 Å². The van der Waals surface area contributed by atoms with Crippen molar-refractivity contribution < 1.29 is 9.59 Å². The Labute approximate surface area is 142 Å². The first-order valence-electron chi connectivity index (χ1n) is 7.79. The van der Waals surface area contributed by atoms with E-state index < -0.39 is 0 Å². The summed E-state index contributed by atoms with van der Waals surface area (Å²) >= 11 is 0. The first-order chi connectivity index (χ1) is 11.4. The minimum absolute atomic E-state index is 0.155. The molecule has 0 aromatic heterocycles. The van der Waals surface area contributed by atoms with Crippen molar-refractivity contribution in [2.24, 2.45) is 0 Å². The molecular formula is C20H22N2O2. The van der Waals surface area contributed by atoms with Crippen molar-refractivity contribution in [1.82, 2.24) is 5.32 Å². The highest BCUT2D eigenvalue weighted by Gasteiger charge is 2.04. The summed E-state index contributed by atoms with van der Waals surface area (Å²) in [5, 5.41) is 5.34. The lowest BCUT2D eigenvalue weighted by Crippen LogP contribution is -2.17. The topological polar surface area (TPSA) is 58.2 Å². The van der Waals surface area contributed by atoms with E-state index in [1.54, 1.807) is 31.3 Å². The second-order valence-corrected chi connectivity index (χ2v) is 5.77. The van der Waals surface area contributed by atoms with Crippen LogP contribution in [0, 0.1) is 20.8 Å². The van der Waals surface area contributed by atoms with Gasteiger partial charge < -0.3 is 10.6 Å². The zero-order chi connectivity index (χ0) is 17.7. The molecule has 4 heteroatoms. The lowest BCUT2D eigenvalue weighted by Gasteiger charge is -2.06. The third-order valence-corrected chi connectivity index (χ3v) is 3.94. The van der Waals surface area contributed by atoms with Gasteiger partial charge in [0.15, 0.2) is 0 Å². The number of hydrogen-bond donors (Lipinski definition) is 2. The van der Waals surface area contributed by atoms with Gasteiger partial charge in [-0.05, 0) is 73.4 Å². The van der Waals surface area contributed by atoms with Gasteiger partial charge in [0.1, 0.15) is 0 Å². The predicted octanol–water partition coefficient (Wildman–Crippen LogP) is 3.62. The summed E-state index contributed by atoms with van der Waals surface area (Å²) in [4.78, 5) is 23.5. The third kappa shape index (κ3) is 4.32. The molecule has 2 rings (SSSR count). The number of amides is 2. The summed E-state index contributed by atoms with van der Waals surface area (Å²) < 4.78 is 0. The Morgan fingerprint density at radius 2 is 1.54 bits per heavy atom. The Morgan fingerprint density at radius 1 is 0.917 bits per heavy atom. The Bertz CT molecular complexity index is 790. The monoisotopic (exact) mass is 322 g/mol. The maximum absolute atomic E-state index is 12.0. The van der Waals surface area contributed by atoms with Crippen molar-refractivity contribution >= 4 is 23.6 Å². The van der Waals surface area contributed by atoms with Crippen LogP contribution in [0.3, 0.4) is 0 Å². The smallest absolute Gasteiger partial charge is 0.251 e. The highest BCUT2D eigenvalue weighted by molar-refractivity contribution is 6.02. The fourth-order valence-corrected chi connectivity index (χ4v) is 2.36. The maximum Gasteiger partial charge on any atom is 0.251 e. The molecule has 24 heavy (non-hydrogen) atoms. The summed E-state index contributed by atoms with van der Waals surface area (Å²) in [5.41, 5.74) is 5.81. The minimum Gasteiger partial charge on any atom is -0.355 e. The molecule has 0 atom stereocenters. The molecule has 0 radical (unpaired) electrons. The standard InChI is InChI=1S/C20H22N2O2/c1-13-11-15(3)17(12-14(13)2)7-10-19(23)22-18-8-5-16(6-9-18)20(24)21-4/h5-12H,1-4H3,(H,21,24)(H,22,23)/b10-7+. The van der Waals surface area contributed by atoms with Gasteiger partial charge in [-0.1, -0.05) is 12.1 Å². The fraction of sp³-hybridized carbons (Fsp3) is 0.200. The lowest BCUT2D eigenvalue weighted by atomic mass is 10.0. The first-order valence-corrected chi connectivity index (χ1v) is 7.79. The molecule has 2 aromatic carbocycles. The molecule has 0 aliphatic rings. The Kier molecular flexibility index (Phi) is 5.53. The molecule has 0 aliphatic heterocycles. The molecule has 0 unspecified atom stereocenters. The summed E-state index contributed by atoms with van der Waals surface area (Å²) in [6, 6.07) is 10.9. The molecule has 0 heterocycles. The molecule has 0 saturated heterocycles. The SMILES string of the molecule is CNC(=O)c1ccc(NC(=O)/C=C/c2cc(C)c(C)cc2C)cc1. The fourth-order valence-electron chi connectivity index (χ4n) is 2.36. The van der Waals surface area contributed by atoms with Gasteiger partial charge in [0.05, 0.1) is 0 Å². The molecule has 2 amide bonds. The minimum atomic E-state index is -0.208. The van der Waals surface area contributed by atoms with E-state index in [0.717, 1.165) is 11.1 Å². The van der Waals surface area contributed by atoms with Crippen LogP contribution in [0.4, 0.5) is 5.69 Å². The van der Waals surface area contributed by atoms with Crippen molar-refractivity contribution in [3.8, 4) is 0 Å². The molecule has 0 spiro atoms. The Hall–Kier alpha value is -2.88. The molecule has 124 valence electrons. The van der Waals surface area contributed by atoms with Crippen molar-refractivity contribution in [3.05, 3.63) is 70.3 Å². The van der Waals surface area contributed by atoms with Gasteiger partial charge in [0.2, 0.25) is 5.91 Å². The number of anilines is 1. The van der Waals surface area contributed by atoms with E-state index in [0.29, 0.717) is 11.3 Å². The Morgan fingerprint density at radius 3 is 2.17 bits per heavy atom. The zero-order valence-corrected chi connectivity index (χ0v) is 14.4. The third-order valence-electron chi connectivity index (χ3n) is 3.94. The van der Waals surface area contributed by atoms with Crippen LogP contribution in [0.2, 0.25) is 0 Å². The van der Waals surface area contributed by atoms with E-state index in [1.807, 2.05) is 13.0 Å². The van der Waals surface area contributed by atoms with Crippen LogP contribution in [-0.4, -0.2) is 18.9 Å². The molecule has 2 N–H and O–H groups in total. The predicted molar refractivity (Wildman–Crippen MR) is 98.1 cm³/mol. The highest BCUT2D eigenvalue weighted by Crippen LogP contribution is 2.17. The summed E-state index contributed by atoms with van der Waals surface area (Å²) in [5.74, 6) is -0.363. The molecule has 0 saturated carbocycles. The molecular weight excluding hydrogens is 300 g/mol. The molecule has 0 aliphatic carbocycles. The summed E-state index contributed by atoms with van der Waals surface area (Å²) in [6.07, 6.45) is 3.33. The summed E-state index contributed by atoms with van der Waals surface area (Å²) in [7, 11) is 1.58. The van der Waals surface area contributed by atoms with Gasteiger partial charge in [-0.25, -0.2) is 0 Å². The first kappa shape index (κ1) is 17.5. The van der Waals surface area contributed by atoms with Gasteiger partial charge in [-0.15, -0.1) is 0 Å². The maximum atomic E-state index is 12.0. The molecule has 0 bridgehead atoms. The quantitative estimate of drug-likeness (QED) is 0.845. The van der Waals surface area contributed by atoms with Crippen LogP contribution in [-0.2, 0) is 4.79 Å². The number of aryl methyl sites for hydroxylation is 3. The average molecular weight is 322 g/mol. The second kappa shape index (κ2) is 7.59. The van der Waals surface area contributed by atoms with Gasteiger partial charge in [0.25, 0.3) is 5.91 Å².